The Hall–Kier alpha value is -1.18. The maximum Gasteiger partial charge on any atom is 0.126 e. The van der Waals surface area contributed by atoms with Gasteiger partial charge in [0.1, 0.15) is 19.0 Å². The largest absolute Gasteiger partial charge is 0.387 e. The maximum absolute atomic E-state index is 11.6. The van der Waals surface area contributed by atoms with Crippen molar-refractivity contribution in [2.24, 2.45) is 0 Å². The third kappa shape index (κ3) is 3.03. The Morgan fingerprint density at radius 2 is 2.00 bits per heavy atom. The first-order chi connectivity index (χ1) is 3.18. The van der Waals surface area contributed by atoms with E-state index in [1.54, 1.807) is 0 Å². The molecule has 0 aliphatic rings. The first kappa shape index (κ1) is 9.94. The minimum atomic E-state index is -1.45. The predicted molar refractivity (Wildman–Crippen MR) is 22.6 cm³/mol. The molecule has 2 atom stereocenters. The average Bonchev–Trinajstić information content (AvgIpc) is 1.65. The van der Waals surface area contributed by atoms with Crippen LogP contribution in [0.25, 0.3) is 0 Å². The van der Waals surface area contributed by atoms with E-state index >= 15 is 0 Å². The summed E-state index contributed by atoms with van der Waals surface area (Å²) in [5.41, 5.74) is 0. The number of aliphatic hydroxyl groups is 1. The van der Waals surface area contributed by atoms with Gasteiger partial charge in [0.05, 0.1) is 0 Å². The van der Waals surface area contributed by atoms with Crippen molar-refractivity contribution in [3.63, 3.8) is 0 Å². The van der Waals surface area contributed by atoms with Crippen LogP contribution in [-0.2, 0) is 0 Å². The maximum atomic E-state index is 11.6. The Labute approximate surface area is 41.0 Å². The summed E-state index contributed by atoms with van der Waals surface area (Å²) in [6, 6.07) is 0. The van der Waals surface area contributed by atoms with Crippen LogP contribution < -0.4 is 0 Å². The molecule has 0 aromatic heterocycles. The summed E-state index contributed by atoms with van der Waals surface area (Å²) in [4.78, 5) is 0. The third-order valence-electron chi connectivity index (χ3n) is 0.688. The molecule has 1 N–H and O–H groups in total. The molecule has 46 valence electrons. The van der Waals surface area contributed by atoms with Gasteiger partial charge in [0.25, 0.3) is 0 Å². The minimum absolute atomic E-state index is 0. The quantitative estimate of drug-likeness (QED) is 0.751. The fourth-order valence-electron chi connectivity index (χ4n) is 0.123. The standard InChI is InChI=1S/C4H8F2O.Rf/c1-3(6)4(7)2-5;/h3-4,7H,2H2,1H3;. The Kier molecular flexibility index (Phi) is 4.96. The molecule has 2 unspecified atom stereocenters. The number of rotatable bonds is 2. The molecule has 8 heavy (non-hydrogen) atoms. The average molecular weight is 377 g/mol. The molecule has 1 nitrogen and oxygen atoms in total. The van der Waals surface area contributed by atoms with E-state index in [1.807, 2.05) is 0 Å². The van der Waals surface area contributed by atoms with E-state index in [0.717, 1.165) is 6.92 Å². The molecule has 0 aromatic carbocycles. The SMILES string of the molecule is CC(F)C(O)CF.[Rf]. The van der Waals surface area contributed by atoms with Gasteiger partial charge in [-0.2, -0.15) is 0 Å². The summed E-state index contributed by atoms with van der Waals surface area (Å²) < 4.78 is 22.8. The Balaban J connectivity index is 0. The van der Waals surface area contributed by atoms with Gasteiger partial charge in [-0.25, -0.2) is 8.78 Å². The molecule has 4 heteroatoms. The van der Waals surface area contributed by atoms with Crippen LogP contribution in [0.1, 0.15) is 6.92 Å². The van der Waals surface area contributed by atoms with Gasteiger partial charge in [0.2, 0.25) is 0 Å². The topological polar surface area (TPSA) is 20.2 Å². The summed E-state index contributed by atoms with van der Waals surface area (Å²) in [6.45, 7) is 0.113. The molecule has 0 spiro atoms. The van der Waals surface area contributed by atoms with Gasteiger partial charge >= 0.3 is 0 Å². The third-order valence-corrected chi connectivity index (χ3v) is 0.688. The smallest absolute Gasteiger partial charge is 0.126 e. The molecular formula is C4H8F2ORf. The molecule has 0 saturated carbocycles. The summed E-state index contributed by atoms with van der Waals surface area (Å²) in [6.07, 6.45) is -2.88. The summed E-state index contributed by atoms with van der Waals surface area (Å²) in [5, 5.41) is 8.19. The van der Waals surface area contributed by atoms with Crippen LogP contribution in [0.5, 0.6) is 0 Å². The monoisotopic (exact) mass is 377 g/mol. The van der Waals surface area contributed by atoms with E-state index in [2.05, 4.69) is 0 Å². The second kappa shape index (κ2) is 3.99. The first-order valence-corrected chi connectivity index (χ1v) is 2.06. The van der Waals surface area contributed by atoms with Crippen molar-refractivity contribution in [3.05, 3.63) is 0 Å². The minimum Gasteiger partial charge on any atom is -0.387 e. The van der Waals surface area contributed by atoms with E-state index in [1.165, 1.54) is 0 Å². The zero-order valence-electron chi connectivity index (χ0n) is 4.77. The molecule has 0 heterocycles. The Bertz CT molecular complexity index is 51.3. The summed E-state index contributed by atoms with van der Waals surface area (Å²) in [7, 11) is 0. The van der Waals surface area contributed by atoms with Crippen molar-refractivity contribution in [2.45, 2.75) is 19.2 Å². The van der Waals surface area contributed by atoms with Gasteiger partial charge in [-0.1, -0.05) is 0 Å². The van der Waals surface area contributed by atoms with Gasteiger partial charge in [0.15, 0.2) is 0 Å². The van der Waals surface area contributed by atoms with E-state index in [4.69, 9.17) is 5.11 Å². The van der Waals surface area contributed by atoms with Crippen LogP contribution in [0, 0.1) is 0 Å². The molecule has 0 saturated heterocycles. The fourth-order valence-corrected chi connectivity index (χ4v) is 0.123. The number of alkyl halides is 2. The van der Waals surface area contributed by atoms with Crippen LogP contribution >= 0.6 is 0 Å². The molecule has 0 aliphatic carbocycles. The van der Waals surface area contributed by atoms with Gasteiger partial charge in [-0.3, -0.25) is 0 Å². The van der Waals surface area contributed by atoms with E-state index < -0.39 is 19.0 Å². The molecule has 0 aromatic rings. The fraction of sp³-hybridized carbons (Fsp3) is 1.00. The molecule has 0 fully saturated rings. The van der Waals surface area contributed by atoms with Crippen LogP contribution in [-0.4, -0.2) is 24.1 Å². The van der Waals surface area contributed by atoms with Crippen molar-refractivity contribution >= 4 is 0 Å². The van der Waals surface area contributed by atoms with Crippen molar-refractivity contribution < 1.29 is 13.9 Å². The predicted octanol–water partition coefficient (Wildman–Crippen LogP) is 0.675. The van der Waals surface area contributed by atoms with Gasteiger partial charge in [0, 0.05) is 0 Å². The zero-order chi connectivity index (χ0) is 5.86. The second-order valence-electron chi connectivity index (χ2n) is 1.40. The zero-order valence-corrected chi connectivity index (χ0v) is 11.2. The van der Waals surface area contributed by atoms with Gasteiger partial charge < -0.3 is 5.11 Å². The first-order valence-electron chi connectivity index (χ1n) is 2.06. The van der Waals surface area contributed by atoms with Crippen molar-refractivity contribution in [2.75, 3.05) is 6.67 Å². The molecule has 0 bridgehead atoms. The Morgan fingerprint density at radius 3 is 2.00 bits per heavy atom. The Morgan fingerprint density at radius 1 is 1.62 bits per heavy atom. The number of aliphatic hydroxyl groups excluding tert-OH is 1. The van der Waals surface area contributed by atoms with Crippen LogP contribution in [0.2, 0.25) is 0 Å². The summed E-state index contributed by atoms with van der Waals surface area (Å²) >= 11 is 0. The van der Waals surface area contributed by atoms with Gasteiger partial charge in [-0.15, -0.1) is 0 Å². The van der Waals surface area contributed by atoms with Crippen LogP contribution in [0.15, 0.2) is 0 Å². The number of hydrogen-bond donors (Lipinski definition) is 1. The molecule has 0 radical (unpaired) electrons. The van der Waals surface area contributed by atoms with Gasteiger partial charge in [-0.05, 0) is 6.92 Å². The number of halogens is 2. The molecular weight excluding hydrogens is 369 g/mol. The van der Waals surface area contributed by atoms with Crippen LogP contribution in [0.4, 0.5) is 8.78 Å². The van der Waals surface area contributed by atoms with Crippen LogP contribution in [0.3, 0.4) is 0 Å². The summed E-state index contributed by atoms with van der Waals surface area (Å²) in [5.74, 6) is 0. The number of hydrogen-bond acceptors (Lipinski definition) is 1. The van der Waals surface area contributed by atoms with Crippen molar-refractivity contribution in [3.8, 4) is 0 Å². The molecule has 0 rings (SSSR count). The normalized spacial score (nSPS) is 16.5. The van der Waals surface area contributed by atoms with Crippen molar-refractivity contribution in [1.29, 1.82) is 0 Å². The second-order valence-corrected chi connectivity index (χ2v) is 1.40. The molecule has 0 aliphatic heterocycles. The van der Waals surface area contributed by atoms with E-state index in [-0.39, 0.29) is 0 Å². The van der Waals surface area contributed by atoms with Crippen molar-refractivity contribution in [1.82, 2.24) is 0 Å². The van der Waals surface area contributed by atoms with E-state index in [9.17, 15) is 8.78 Å². The van der Waals surface area contributed by atoms with E-state index in [0.29, 0.717) is 0 Å². The molecule has 0 amide bonds.